The Bertz CT molecular complexity index is 965. The Balaban J connectivity index is 1.79. The molecule has 6 heteroatoms. The summed E-state index contributed by atoms with van der Waals surface area (Å²) in [6, 6.07) is 13.2. The molecule has 0 saturated carbocycles. The minimum atomic E-state index is -0.530. The lowest BCUT2D eigenvalue weighted by molar-refractivity contribution is -0.142. The van der Waals surface area contributed by atoms with Crippen LogP contribution in [-0.4, -0.2) is 35.1 Å². The van der Waals surface area contributed by atoms with Crippen LogP contribution < -0.4 is 14.8 Å². The molecule has 2 aromatic rings. The zero-order chi connectivity index (χ0) is 23.3. The topological polar surface area (TPSA) is 67.9 Å². The number of amides is 2. The third kappa shape index (κ3) is 6.02. The van der Waals surface area contributed by atoms with Crippen molar-refractivity contribution in [3.05, 3.63) is 59.2 Å². The second-order valence-electron chi connectivity index (χ2n) is 9.30. The number of hydrogen-bond acceptors (Lipinski definition) is 4. The van der Waals surface area contributed by atoms with Crippen molar-refractivity contribution in [3.8, 4) is 11.5 Å². The highest BCUT2D eigenvalue weighted by molar-refractivity contribution is 5.88. The summed E-state index contributed by atoms with van der Waals surface area (Å²) in [4.78, 5) is 28.2. The van der Waals surface area contributed by atoms with Crippen LogP contribution in [-0.2, 0) is 22.6 Å². The van der Waals surface area contributed by atoms with E-state index in [1.54, 1.807) is 4.90 Å². The molecular formula is C26H34N2O4. The van der Waals surface area contributed by atoms with Crippen LogP contribution in [0.2, 0.25) is 0 Å². The van der Waals surface area contributed by atoms with Crippen LogP contribution in [0, 0.1) is 6.92 Å². The molecule has 0 bridgehead atoms. The summed E-state index contributed by atoms with van der Waals surface area (Å²) >= 11 is 0. The molecule has 1 aliphatic heterocycles. The molecule has 1 aliphatic rings. The van der Waals surface area contributed by atoms with Crippen LogP contribution in [0.3, 0.4) is 0 Å². The molecule has 0 unspecified atom stereocenters. The normalized spacial score (nSPS) is 13.5. The minimum absolute atomic E-state index is 0.0400. The highest BCUT2D eigenvalue weighted by Gasteiger charge is 2.30. The molecule has 2 amide bonds. The van der Waals surface area contributed by atoms with E-state index in [-0.39, 0.29) is 24.1 Å². The SMILES string of the molecule is CC[C@H](C(=O)NC(C)(C)C)N(Cc1ccccc1C)C(=O)CCc1ccc2c(c1)OCO2. The fraction of sp³-hybridized carbons (Fsp3) is 0.462. The number of benzene rings is 2. The molecule has 1 heterocycles. The van der Waals surface area contributed by atoms with Crippen LogP contribution >= 0.6 is 0 Å². The monoisotopic (exact) mass is 438 g/mol. The van der Waals surface area contributed by atoms with Crippen molar-refractivity contribution in [2.45, 2.75) is 72.0 Å². The van der Waals surface area contributed by atoms with Gasteiger partial charge in [-0.1, -0.05) is 37.3 Å². The summed E-state index contributed by atoms with van der Waals surface area (Å²) in [5, 5.41) is 3.04. The largest absolute Gasteiger partial charge is 0.454 e. The maximum Gasteiger partial charge on any atom is 0.243 e. The van der Waals surface area contributed by atoms with Gasteiger partial charge in [-0.05, 0) is 69.4 Å². The van der Waals surface area contributed by atoms with E-state index in [9.17, 15) is 9.59 Å². The highest BCUT2D eigenvalue weighted by atomic mass is 16.7. The zero-order valence-electron chi connectivity index (χ0n) is 19.7. The van der Waals surface area contributed by atoms with E-state index in [4.69, 9.17) is 9.47 Å². The number of ether oxygens (including phenoxy) is 2. The summed E-state index contributed by atoms with van der Waals surface area (Å²) in [6.07, 6.45) is 1.42. The highest BCUT2D eigenvalue weighted by Crippen LogP contribution is 2.33. The Morgan fingerprint density at radius 2 is 1.81 bits per heavy atom. The molecule has 172 valence electrons. The lowest BCUT2D eigenvalue weighted by Gasteiger charge is -2.33. The van der Waals surface area contributed by atoms with Crippen molar-refractivity contribution in [1.82, 2.24) is 10.2 Å². The third-order valence-corrected chi connectivity index (χ3v) is 5.55. The van der Waals surface area contributed by atoms with E-state index in [0.29, 0.717) is 31.6 Å². The predicted octanol–water partition coefficient (Wildman–Crippen LogP) is 4.38. The first-order valence-corrected chi connectivity index (χ1v) is 11.2. The fourth-order valence-corrected chi connectivity index (χ4v) is 3.83. The molecule has 0 radical (unpaired) electrons. The maximum atomic E-state index is 13.4. The molecule has 6 nitrogen and oxygen atoms in total. The van der Waals surface area contributed by atoms with E-state index < -0.39 is 6.04 Å². The molecule has 0 aliphatic carbocycles. The second kappa shape index (κ2) is 10.1. The second-order valence-corrected chi connectivity index (χ2v) is 9.30. The van der Waals surface area contributed by atoms with Gasteiger partial charge in [-0.25, -0.2) is 0 Å². The molecule has 3 rings (SSSR count). The Morgan fingerprint density at radius 1 is 1.09 bits per heavy atom. The van der Waals surface area contributed by atoms with Gasteiger partial charge in [0.25, 0.3) is 0 Å². The van der Waals surface area contributed by atoms with Crippen molar-refractivity contribution in [2.75, 3.05) is 6.79 Å². The first-order chi connectivity index (χ1) is 15.2. The van der Waals surface area contributed by atoms with Crippen LogP contribution in [0.4, 0.5) is 0 Å². The number of aryl methyl sites for hydroxylation is 2. The Kier molecular flexibility index (Phi) is 7.44. The van der Waals surface area contributed by atoms with Crippen LogP contribution in [0.5, 0.6) is 11.5 Å². The summed E-state index contributed by atoms with van der Waals surface area (Å²) in [5.41, 5.74) is 2.79. The van der Waals surface area contributed by atoms with Gasteiger partial charge in [0.2, 0.25) is 18.6 Å². The van der Waals surface area contributed by atoms with Crippen molar-refractivity contribution in [2.24, 2.45) is 0 Å². The number of rotatable bonds is 8. The summed E-state index contributed by atoms with van der Waals surface area (Å²) in [7, 11) is 0. The fourth-order valence-electron chi connectivity index (χ4n) is 3.83. The quantitative estimate of drug-likeness (QED) is 0.664. The molecular weight excluding hydrogens is 404 g/mol. The van der Waals surface area contributed by atoms with Gasteiger partial charge in [-0.3, -0.25) is 9.59 Å². The van der Waals surface area contributed by atoms with E-state index >= 15 is 0 Å². The minimum Gasteiger partial charge on any atom is -0.454 e. The number of fused-ring (bicyclic) bond motifs is 1. The van der Waals surface area contributed by atoms with E-state index in [1.165, 1.54) is 0 Å². The van der Waals surface area contributed by atoms with Gasteiger partial charge in [0, 0.05) is 18.5 Å². The first-order valence-electron chi connectivity index (χ1n) is 11.2. The lowest BCUT2D eigenvalue weighted by Crippen LogP contribution is -2.53. The zero-order valence-corrected chi connectivity index (χ0v) is 19.7. The molecule has 1 N–H and O–H groups in total. The number of carbonyl (C=O) groups excluding carboxylic acids is 2. The van der Waals surface area contributed by atoms with Gasteiger partial charge < -0.3 is 19.7 Å². The van der Waals surface area contributed by atoms with Gasteiger partial charge >= 0.3 is 0 Å². The number of carbonyl (C=O) groups is 2. The number of nitrogens with one attached hydrogen (secondary N) is 1. The molecule has 0 spiro atoms. The van der Waals surface area contributed by atoms with Gasteiger partial charge in [0.15, 0.2) is 11.5 Å². The van der Waals surface area contributed by atoms with Crippen LogP contribution in [0.15, 0.2) is 42.5 Å². The van der Waals surface area contributed by atoms with Gasteiger partial charge in [-0.15, -0.1) is 0 Å². The van der Waals surface area contributed by atoms with Crippen molar-refractivity contribution < 1.29 is 19.1 Å². The van der Waals surface area contributed by atoms with Crippen molar-refractivity contribution in [1.29, 1.82) is 0 Å². The van der Waals surface area contributed by atoms with Gasteiger partial charge in [0.1, 0.15) is 6.04 Å². The molecule has 0 aromatic heterocycles. The van der Waals surface area contributed by atoms with Crippen molar-refractivity contribution >= 4 is 11.8 Å². The molecule has 0 fully saturated rings. The number of nitrogens with zero attached hydrogens (tertiary/aromatic N) is 1. The predicted molar refractivity (Wildman–Crippen MR) is 125 cm³/mol. The Labute approximate surface area is 190 Å². The third-order valence-electron chi connectivity index (χ3n) is 5.55. The van der Waals surface area contributed by atoms with E-state index in [2.05, 4.69) is 5.32 Å². The lowest BCUT2D eigenvalue weighted by atomic mass is 10.0. The summed E-state index contributed by atoms with van der Waals surface area (Å²) < 4.78 is 10.8. The van der Waals surface area contributed by atoms with E-state index in [1.807, 2.05) is 77.1 Å². The molecule has 1 atom stereocenters. The average Bonchev–Trinajstić information content (AvgIpc) is 3.20. The number of hydrogen-bond donors (Lipinski definition) is 1. The maximum absolute atomic E-state index is 13.4. The van der Waals surface area contributed by atoms with Crippen molar-refractivity contribution in [3.63, 3.8) is 0 Å². The molecule has 0 saturated heterocycles. The molecule has 2 aromatic carbocycles. The first kappa shape index (κ1) is 23.6. The van der Waals surface area contributed by atoms with Crippen LogP contribution in [0.25, 0.3) is 0 Å². The van der Waals surface area contributed by atoms with Gasteiger partial charge in [0.05, 0.1) is 0 Å². The Hall–Kier alpha value is -3.02. The average molecular weight is 439 g/mol. The van der Waals surface area contributed by atoms with Gasteiger partial charge in [-0.2, -0.15) is 0 Å². The smallest absolute Gasteiger partial charge is 0.243 e. The standard InChI is InChI=1S/C26H34N2O4/c1-6-21(25(30)27-26(3,4)5)28(16-20-10-8-7-9-18(20)2)24(29)14-12-19-11-13-22-23(15-19)32-17-31-22/h7-11,13,15,21H,6,12,14,16-17H2,1-5H3,(H,27,30)/t21-/m1/s1. The summed E-state index contributed by atoms with van der Waals surface area (Å²) in [6.45, 7) is 10.5. The Morgan fingerprint density at radius 3 is 2.50 bits per heavy atom. The van der Waals surface area contributed by atoms with Crippen LogP contribution in [0.1, 0.15) is 57.2 Å². The van der Waals surface area contributed by atoms with E-state index in [0.717, 1.165) is 22.4 Å². The summed E-state index contributed by atoms with van der Waals surface area (Å²) in [5.74, 6) is 1.28. The molecule has 32 heavy (non-hydrogen) atoms.